The minimum absolute atomic E-state index is 0.148. The largest absolute Gasteiger partial charge is 0.478 e. The normalized spacial score (nSPS) is 10.7. The summed E-state index contributed by atoms with van der Waals surface area (Å²) in [7, 11) is 0. The molecule has 0 fully saturated rings. The monoisotopic (exact) mass is 374 g/mol. The number of nitrogens with zero attached hydrogens (tertiary/aromatic N) is 2. The number of nitro benzene ring substituents is 1. The molecule has 0 spiro atoms. The standard InChI is InChI=1S/C17H11ClN2O6/c18-9-12-15(10-4-2-1-3-5-10)26-19(16(12)21)13-7-6-11(17(22)23)8-14(13)20(24)25/h1-8H,9H2,(H,22,23). The predicted molar refractivity (Wildman–Crippen MR) is 92.9 cm³/mol. The maximum absolute atomic E-state index is 12.6. The van der Waals surface area contributed by atoms with Gasteiger partial charge in [-0.2, -0.15) is 0 Å². The number of halogens is 1. The van der Waals surface area contributed by atoms with Crippen LogP contribution >= 0.6 is 11.6 Å². The highest BCUT2D eigenvalue weighted by Gasteiger charge is 2.25. The Morgan fingerprint density at radius 1 is 1.23 bits per heavy atom. The van der Waals surface area contributed by atoms with Gasteiger partial charge in [-0.05, 0) is 12.1 Å². The van der Waals surface area contributed by atoms with E-state index >= 15 is 0 Å². The van der Waals surface area contributed by atoms with Crippen molar-refractivity contribution < 1.29 is 19.3 Å². The Labute approximate surface area is 151 Å². The maximum Gasteiger partial charge on any atom is 0.335 e. The number of hydrogen-bond acceptors (Lipinski definition) is 5. The average molecular weight is 375 g/mol. The van der Waals surface area contributed by atoms with Crippen LogP contribution in [0.5, 0.6) is 0 Å². The molecule has 0 amide bonds. The van der Waals surface area contributed by atoms with Crippen LogP contribution in [0.3, 0.4) is 0 Å². The van der Waals surface area contributed by atoms with Crippen molar-refractivity contribution in [2.75, 3.05) is 0 Å². The van der Waals surface area contributed by atoms with E-state index in [-0.39, 0.29) is 28.5 Å². The van der Waals surface area contributed by atoms with E-state index in [0.29, 0.717) is 5.56 Å². The Morgan fingerprint density at radius 3 is 2.50 bits per heavy atom. The first-order valence-electron chi connectivity index (χ1n) is 7.32. The lowest BCUT2D eigenvalue weighted by molar-refractivity contribution is -0.384. The second kappa shape index (κ2) is 6.85. The van der Waals surface area contributed by atoms with Gasteiger partial charge in [0.2, 0.25) is 0 Å². The van der Waals surface area contributed by atoms with Gasteiger partial charge in [0.1, 0.15) is 0 Å². The van der Waals surface area contributed by atoms with Crippen LogP contribution in [-0.2, 0) is 5.88 Å². The molecule has 0 saturated heterocycles. The van der Waals surface area contributed by atoms with Crippen LogP contribution in [0.25, 0.3) is 17.0 Å². The van der Waals surface area contributed by atoms with Crippen molar-refractivity contribution in [3.63, 3.8) is 0 Å². The molecule has 8 nitrogen and oxygen atoms in total. The number of aromatic carboxylic acids is 1. The number of rotatable bonds is 5. The number of benzene rings is 2. The number of carboxylic acids is 1. The smallest absolute Gasteiger partial charge is 0.335 e. The van der Waals surface area contributed by atoms with Gasteiger partial charge < -0.3 is 9.63 Å². The molecule has 0 aliphatic carbocycles. The van der Waals surface area contributed by atoms with Crippen molar-refractivity contribution in [1.29, 1.82) is 0 Å². The first-order valence-corrected chi connectivity index (χ1v) is 7.86. The van der Waals surface area contributed by atoms with Crippen LogP contribution in [0, 0.1) is 10.1 Å². The predicted octanol–water partition coefficient (Wildman–Crippen LogP) is 3.44. The van der Waals surface area contributed by atoms with E-state index in [2.05, 4.69) is 0 Å². The molecular formula is C17H11ClN2O6. The summed E-state index contributed by atoms with van der Waals surface area (Å²) in [4.78, 5) is 34.2. The zero-order valence-corrected chi connectivity index (χ0v) is 13.8. The average Bonchev–Trinajstić information content (AvgIpc) is 2.98. The summed E-state index contributed by atoms with van der Waals surface area (Å²) in [6.45, 7) is 0. The van der Waals surface area contributed by atoms with Gasteiger partial charge in [-0.3, -0.25) is 14.9 Å². The number of aromatic nitrogens is 1. The SMILES string of the molecule is O=C(O)c1ccc(-n2oc(-c3ccccc3)c(CCl)c2=O)c([N+](=O)[O-])c1. The van der Waals surface area contributed by atoms with Crippen LogP contribution in [0.1, 0.15) is 15.9 Å². The van der Waals surface area contributed by atoms with Crippen molar-refractivity contribution in [3.05, 3.63) is 80.1 Å². The van der Waals surface area contributed by atoms with Crippen LogP contribution in [0.4, 0.5) is 5.69 Å². The summed E-state index contributed by atoms with van der Waals surface area (Å²) in [5, 5.41) is 20.4. The summed E-state index contributed by atoms with van der Waals surface area (Å²) in [6.07, 6.45) is 0. The van der Waals surface area contributed by atoms with Crippen molar-refractivity contribution in [3.8, 4) is 17.0 Å². The van der Waals surface area contributed by atoms with E-state index in [1.807, 2.05) is 0 Å². The van der Waals surface area contributed by atoms with Gasteiger partial charge in [-0.15, -0.1) is 16.3 Å². The van der Waals surface area contributed by atoms with E-state index in [9.17, 15) is 19.7 Å². The van der Waals surface area contributed by atoms with Gasteiger partial charge in [0.25, 0.3) is 11.2 Å². The first-order chi connectivity index (χ1) is 12.4. The highest BCUT2D eigenvalue weighted by atomic mass is 35.5. The Bertz CT molecular complexity index is 1050. The minimum Gasteiger partial charge on any atom is -0.478 e. The topological polar surface area (TPSA) is 116 Å². The van der Waals surface area contributed by atoms with Gasteiger partial charge in [0.05, 0.1) is 21.9 Å². The fraction of sp³-hybridized carbons (Fsp3) is 0.0588. The van der Waals surface area contributed by atoms with Crippen molar-refractivity contribution >= 4 is 23.3 Å². The molecule has 2 aromatic carbocycles. The van der Waals surface area contributed by atoms with Gasteiger partial charge in [-0.25, -0.2) is 4.79 Å². The van der Waals surface area contributed by atoms with Crippen LogP contribution in [0.15, 0.2) is 57.8 Å². The fourth-order valence-electron chi connectivity index (χ4n) is 2.47. The number of carboxylic acid groups (broad SMARTS) is 1. The molecule has 0 aliphatic rings. The maximum atomic E-state index is 12.6. The third-order valence-corrected chi connectivity index (χ3v) is 3.97. The molecule has 1 heterocycles. The molecule has 0 saturated carbocycles. The molecule has 3 rings (SSSR count). The third kappa shape index (κ3) is 2.98. The summed E-state index contributed by atoms with van der Waals surface area (Å²) >= 11 is 5.87. The van der Waals surface area contributed by atoms with Crippen LogP contribution in [-0.4, -0.2) is 20.7 Å². The fourth-order valence-corrected chi connectivity index (χ4v) is 2.71. The zero-order chi connectivity index (χ0) is 18.8. The zero-order valence-electron chi connectivity index (χ0n) is 13.1. The number of nitro groups is 1. The van der Waals surface area contributed by atoms with Gasteiger partial charge in [-0.1, -0.05) is 30.3 Å². The van der Waals surface area contributed by atoms with Gasteiger partial charge >= 0.3 is 5.97 Å². The Kier molecular flexibility index (Phi) is 4.59. The molecular weight excluding hydrogens is 364 g/mol. The van der Waals surface area contributed by atoms with E-state index < -0.39 is 22.1 Å². The van der Waals surface area contributed by atoms with E-state index in [1.165, 1.54) is 0 Å². The van der Waals surface area contributed by atoms with E-state index in [0.717, 1.165) is 22.9 Å². The second-order valence-electron chi connectivity index (χ2n) is 5.26. The van der Waals surface area contributed by atoms with Crippen LogP contribution in [0.2, 0.25) is 0 Å². The lowest BCUT2D eigenvalue weighted by atomic mass is 10.1. The Balaban J connectivity index is 2.26. The lowest BCUT2D eigenvalue weighted by Crippen LogP contribution is -2.16. The molecule has 0 bridgehead atoms. The minimum atomic E-state index is -1.32. The van der Waals surface area contributed by atoms with Crippen LogP contribution < -0.4 is 5.56 Å². The van der Waals surface area contributed by atoms with Gasteiger partial charge in [0, 0.05) is 11.6 Å². The molecule has 0 radical (unpaired) electrons. The summed E-state index contributed by atoms with van der Waals surface area (Å²) < 4.78 is 6.32. The number of hydrogen-bond donors (Lipinski definition) is 1. The van der Waals surface area contributed by atoms with E-state index in [4.69, 9.17) is 21.2 Å². The number of carbonyl (C=O) groups is 1. The Morgan fingerprint density at radius 2 is 1.92 bits per heavy atom. The quantitative estimate of drug-likeness (QED) is 0.415. The highest BCUT2D eigenvalue weighted by molar-refractivity contribution is 6.17. The molecule has 132 valence electrons. The third-order valence-electron chi connectivity index (χ3n) is 3.71. The summed E-state index contributed by atoms with van der Waals surface area (Å²) in [5.41, 5.74) is -0.941. The summed E-state index contributed by atoms with van der Waals surface area (Å²) in [5.74, 6) is -1.28. The molecule has 3 aromatic rings. The molecule has 26 heavy (non-hydrogen) atoms. The molecule has 1 aromatic heterocycles. The van der Waals surface area contributed by atoms with Gasteiger partial charge in [0.15, 0.2) is 11.4 Å². The van der Waals surface area contributed by atoms with Crippen molar-refractivity contribution in [2.45, 2.75) is 5.88 Å². The van der Waals surface area contributed by atoms with Crippen molar-refractivity contribution in [1.82, 2.24) is 4.74 Å². The van der Waals surface area contributed by atoms with E-state index in [1.54, 1.807) is 30.3 Å². The second-order valence-corrected chi connectivity index (χ2v) is 5.53. The lowest BCUT2D eigenvalue weighted by Gasteiger charge is -2.03. The first kappa shape index (κ1) is 17.4. The molecule has 0 unspecified atom stereocenters. The molecule has 9 heteroatoms. The number of alkyl halides is 1. The summed E-state index contributed by atoms with van der Waals surface area (Å²) in [6, 6.07) is 11.9. The van der Waals surface area contributed by atoms with Crippen molar-refractivity contribution in [2.24, 2.45) is 0 Å². The molecule has 0 atom stereocenters. The highest BCUT2D eigenvalue weighted by Crippen LogP contribution is 2.28. The molecule has 1 N–H and O–H groups in total. The molecule has 0 aliphatic heterocycles. The Hall–Kier alpha value is -3.39.